The number of aromatic nitrogens is 1. The number of ether oxygens (including phenoxy) is 5. The predicted molar refractivity (Wildman–Crippen MR) is 211 cm³/mol. The SMILES string of the molecule is CCCC(=O)Oc1c(OC)c(C)cc2c1[C@H]1C3[C@@H]4SC[C@]5(NCCc6c5[nH]c5ccccc65)C(=O)OC[C@@H](c5c6c(c(C)c(O)c54)OCO6)N3[C@@H](C#N)[C@H](C2)N1C. The number of phenols is 1. The average Bonchev–Trinajstić information content (AvgIpc) is 3.85. The van der Waals surface area contributed by atoms with Crippen molar-refractivity contribution in [3.63, 3.8) is 0 Å². The van der Waals surface area contributed by atoms with Crippen LogP contribution in [0.4, 0.5) is 0 Å². The standard InChI is InChI=1S/C43H45N5O8S/c1-6-9-29(49)56-39-30-22(14-20(2)36(39)52-5)15-26-27(16-44)48-28-17-53-42(51)43(41-24(12-13-45-43)23-10-7-8-11-25(23)46-41)18-57-40(34(48)33(30)47(26)4)32-31(28)38-37(54-19-55-38)21(3)35(32)50/h7-8,10-11,14,26-28,33-34,40,45-46,50H,6,9,12-13,15,17-19H2,1-5H3/t26-,27-,28-,33-,34?,40+,43+/m0/s1. The fourth-order valence-corrected chi connectivity index (χ4v) is 12.5. The van der Waals surface area contributed by atoms with E-state index in [1.54, 1.807) is 18.9 Å². The second kappa shape index (κ2) is 13.3. The molecule has 14 heteroatoms. The second-order valence-electron chi connectivity index (χ2n) is 16.1. The van der Waals surface area contributed by atoms with Crippen LogP contribution in [0.5, 0.6) is 28.7 Å². The van der Waals surface area contributed by atoms with E-state index in [-0.39, 0.29) is 43.3 Å². The van der Waals surface area contributed by atoms with Crippen LogP contribution < -0.4 is 24.3 Å². The molecule has 2 fully saturated rings. The molecule has 0 aliphatic carbocycles. The number of carbonyl (C=O) groups is 2. The van der Waals surface area contributed by atoms with Gasteiger partial charge in [0.1, 0.15) is 18.4 Å². The van der Waals surface area contributed by atoms with E-state index in [2.05, 4.69) is 38.3 Å². The summed E-state index contributed by atoms with van der Waals surface area (Å²) in [5, 5.41) is 27.8. The van der Waals surface area contributed by atoms with Gasteiger partial charge < -0.3 is 33.8 Å². The largest absolute Gasteiger partial charge is 0.507 e. The molecule has 13 nitrogen and oxygen atoms in total. The normalized spacial score (nSPS) is 28.5. The number of H-pyrrole nitrogens is 1. The molecule has 7 aliphatic rings. The van der Waals surface area contributed by atoms with Crippen LogP contribution in [-0.2, 0) is 32.7 Å². The van der Waals surface area contributed by atoms with Crippen molar-refractivity contribution < 1.29 is 38.4 Å². The first-order valence-corrected chi connectivity index (χ1v) is 20.8. The van der Waals surface area contributed by atoms with Gasteiger partial charge in [0.05, 0.1) is 36.2 Å². The zero-order valence-electron chi connectivity index (χ0n) is 32.6. The summed E-state index contributed by atoms with van der Waals surface area (Å²) in [7, 11) is 3.62. The highest BCUT2D eigenvalue weighted by Crippen LogP contribution is 2.64. The molecule has 1 unspecified atom stereocenters. The minimum absolute atomic E-state index is 0.0231. The van der Waals surface area contributed by atoms with Gasteiger partial charge >= 0.3 is 11.9 Å². The number of nitriles is 1. The third-order valence-corrected chi connectivity index (χ3v) is 14.7. The molecule has 3 aromatic carbocycles. The van der Waals surface area contributed by atoms with Crippen molar-refractivity contribution in [3.8, 4) is 34.8 Å². The van der Waals surface area contributed by atoms with Crippen molar-refractivity contribution in [3.05, 3.63) is 75.0 Å². The number of fused-ring (bicyclic) bond motifs is 11. The molecule has 1 spiro atoms. The molecule has 296 valence electrons. The summed E-state index contributed by atoms with van der Waals surface area (Å²) in [5.74, 6) is 1.41. The molecule has 7 aliphatic heterocycles. The van der Waals surface area contributed by atoms with E-state index in [0.717, 1.165) is 45.3 Å². The predicted octanol–water partition coefficient (Wildman–Crippen LogP) is 5.53. The van der Waals surface area contributed by atoms with Gasteiger partial charge in [-0.3, -0.25) is 19.9 Å². The molecular weight excluding hydrogens is 747 g/mol. The molecule has 57 heavy (non-hydrogen) atoms. The zero-order chi connectivity index (χ0) is 39.5. The Morgan fingerprint density at radius 1 is 1.14 bits per heavy atom. The molecule has 0 radical (unpaired) electrons. The summed E-state index contributed by atoms with van der Waals surface area (Å²) in [6.45, 7) is 6.15. The number of esters is 2. The van der Waals surface area contributed by atoms with Crippen LogP contribution >= 0.6 is 11.8 Å². The Morgan fingerprint density at radius 3 is 2.74 bits per heavy atom. The number of phenolic OH excluding ortho intramolecular Hbond substituents is 1. The van der Waals surface area contributed by atoms with Gasteiger partial charge in [-0.2, -0.15) is 5.26 Å². The van der Waals surface area contributed by atoms with Gasteiger partial charge in [0.15, 0.2) is 28.5 Å². The van der Waals surface area contributed by atoms with Crippen LogP contribution in [0.2, 0.25) is 0 Å². The van der Waals surface area contributed by atoms with Gasteiger partial charge in [0.25, 0.3) is 0 Å². The number of aromatic hydroxyl groups is 1. The number of nitrogens with zero attached hydrogens (tertiary/aromatic N) is 3. The molecule has 7 atom stereocenters. The van der Waals surface area contributed by atoms with Gasteiger partial charge in [-0.25, -0.2) is 4.79 Å². The molecule has 0 saturated carbocycles. The van der Waals surface area contributed by atoms with E-state index in [4.69, 9.17) is 23.7 Å². The Morgan fingerprint density at radius 2 is 1.95 bits per heavy atom. The molecule has 4 bridgehead atoms. The Hall–Kier alpha value is -4.94. The van der Waals surface area contributed by atoms with Crippen molar-refractivity contribution in [2.45, 2.75) is 87.5 Å². The molecule has 8 heterocycles. The lowest BCUT2D eigenvalue weighted by atomic mass is 9.71. The highest BCUT2D eigenvalue weighted by Gasteiger charge is 2.62. The number of nitrogens with one attached hydrogen (secondary N) is 2. The second-order valence-corrected chi connectivity index (χ2v) is 17.2. The lowest BCUT2D eigenvalue weighted by Crippen LogP contribution is -2.69. The number of thioether (sulfide) groups is 1. The smallest absolute Gasteiger partial charge is 0.333 e. The zero-order valence-corrected chi connectivity index (χ0v) is 33.4. The summed E-state index contributed by atoms with van der Waals surface area (Å²) < 4.78 is 31.0. The highest BCUT2D eigenvalue weighted by atomic mass is 32.2. The number of hydrogen-bond acceptors (Lipinski definition) is 13. The third-order valence-electron chi connectivity index (χ3n) is 13.2. The number of methoxy groups -OCH3 is 1. The first-order valence-electron chi connectivity index (χ1n) is 19.7. The Balaban J connectivity index is 1.23. The van der Waals surface area contributed by atoms with Crippen molar-refractivity contribution in [1.82, 2.24) is 20.1 Å². The average molecular weight is 792 g/mol. The summed E-state index contributed by atoms with van der Waals surface area (Å²) in [6.07, 6.45) is 2.12. The van der Waals surface area contributed by atoms with Gasteiger partial charge in [0, 0.05) is 64.0 Å². The van der Waals surface area contributed by atoms with Gasteiger partial charge in [-0.05, 0) is 62.9 Å². The van der Waals surface area contributed by atoms with Crippen LogP contribution in [0, 0.1) is 25.2 Å². The Bertz CT molecular complexity index is 2430. The van der Waals surface area contributed by atoms with Crippen molar-refractivity contribution >= 4 is 34.6 Å². The van der Waals surface area contributed by atoms with Crippen molar-refractivity contribution in [2.24, 2.45) is 0 Å². The maximum absolute atomic E-state index is 14.8. The van der Waals surface area contributed by atoms with E-state index >= 15 is 0 Å². The van der Waals surface area contributed by atoms with E-state index in [0.29, 0.717) is 59.1 Å². The number of benzene rings is 3. The van der Waals surface area contributed by atoms with Crippen LogP contribution in [0.3, 0.4) is 0 Å². The number of aromatic amines is 1. The molecule has 4 aromatic rings. The topological polar surface area (TPSA) is 159 Å². The first kappa shape index (κ1) is 36.4. The Labute approximate surface area is 334 Å². The fraction of sp³-hybridized carbons (Fsp3) is 0.465. The van der Waals surface area contributed by atoms with Crippen LogP contribution in [0.15, 0.2) is 30.3 Å². The van der Waals surface area contributed by atoms with E-state index in [9.17, 15) is 20.0 Å². The number of para-hydroxylation sites is 1. The summed E-state index contributed by atoms with van der Waals surface area (Å²) >= 11 is 1.56. The maximum Gasteiger partial charge on any atom is 0.333 e. The van der Waals surface area contributed by atoms with E-state index < -0.39 is 40.9 Å². The minimum atomic E-state index is -1.23. The highest BCUT2D eigenvalue weighted by molar-refractivity contribution is 7.99. The van der Waals surface area contributed by atoms with Crippen LogP contribution in [0.25, 0.3) is 10.9 Å². The first-order chi connectivity index (χ1) is 27.6. The number of likely N-dealkylation sites (N-methyl/N-ethyl adjacent to an activating group) is 1. The van der Waals surface area contributed by atoms with E-state index in [1.807, 2.05) is 46.0 Å². The van der Waals surface area contributed by atoms with Crippen LogP contribution in [-0.4, -0.2) is 89.8 Å². The Kier molecular flexibility index (Phi) is 8.50. The van der Waals surface area contributed by atoms with Crippen molar-refractivity contribution in [2.75, 3.05) is 39.9 Å². The van der Waals surface area contributed by atoms with E-state index in [1.165, 1.54) is 0 Å². The molecular formula is C43H45N5O8S. The molecule has 2 saturated heterocycles. The summed E-state index contributed by atoms with van der Waals surface area (Å²) in [6, 6.07) is 10.3. The van der Waals surface area contributed by atoms with Crippen LogP contribution in [0.1, 0.15) is 81.7 Å². The van der Waals surface area contributed by atoms with Gasteiger partial charge in [-0.1, -0.05) is 31.2 Å². The number of aryl methyl sites for hydroxylation is 1. The monoisotopic (exact) mass is 791 g/mol. The van der Waals surface area contributed by atoms with Gasteiger partial charge in [0.2, 0.25) is 6.79 Å². The maximum atomic E-state index is 14.8. The number of piperazine rings is 1. The van der Waals surface area contributed by atoms with Gasteiger partial charge in [-0.15, -0.1) is 11.8 Å². The molecule has 3 N–H and O–H groups in total. The summed E-state index contributed by atoms with van der Waals surface area (Å²) in [5.41, 5.74) is 6.15. The molecule has 0 amide bonds. The lowest BCUT2D eigenvalue weighted by molar-refractivity contribution is -0.157. The molecule has 11 rings (SSSR count). The third kappa shape index (κ3) is 4.98. The summed E-state index contributed by atoms with van der Waals surface area (Å²) in [4.78, 5) is 36.3. The number of hydrogen-bond donors (Lipinski definition) is 3. The quantitative estimate of drug-likeness (QED) is 0.175. The molecule has 1 aromatic heterocycles. The number of rotatable bonds is 4. The minimum Gasteiger partial charge on any atom is -0.507 e. The lowest BCUT2D eigenvalue weighted by Gasteiger charge is -2.62. The fourth-order valence-electron chi connectivity index (χ4n) is 10.8. The number of carbonyl (C=O) groups excluding carboxylic acids is 2. The van der Waals surface area contributed by atoms with Crippen molar-refractivity contribution in [1.29, 1.82) is 5.26 Å².